The van der Waals surface area contributed by atoms with Crippen molar-refractivity contribution in [3.8, 4) is 0 Å². The number of Topliss-reactive ketones (excluding diaryl/α,β-unsaturated/α-hetero) is 2. The molecule has 6 aromatic heterocycles. The lowest BCUT2D eigenvalue weighted by Gasteiger charge is -2.18. The number of carbonyl (C=O) groups is 4. The predicted molar refractivity (Wildman–Crippen MR) is 238 cm³/mol. The van der Waals surface area contributed by atoms with Crippen molar-refractivity contribution in [2.45, 2.75) is 65.7 Å². The van der Waals surface area contributed by atoms with E-state index in [1.807, 2.05) is 66.7 Å². The van der Waals surface area contributed by atoms with Gasteiger partial charge in [-0.15, -0.1) is 0 Å². The maximum absolute atomic E-state index is 15.3. The average Bonchev–Trinajstić information content (AvgIpc) is 4.16. The zero-order chi connectivity index (χ0) is 45.7. The molecule has 0 radical (unpaired) electrons. The maximum atomic E-state index is 15.3. The molecule has 8 heterocycles. The number of allylic oxidation sites excluding steroid dienone is 4. The highest BCUT2D eigenvalue weighted by Gasteiger charge is 2.35. The molecule has 0 bridgehead atoms. The lowest BCUT2D eigenvalue weighted by atomic mass is 9.97. The third-order valence-electron chi connectivity index (χ3n) is 13.4. The molecule has 66 heavy (non-hydrogen) atoms. The molecule has 0 spiro atoms. The van der Waals surface area contributed by atoms with Crippen LogP contribution in [0.4, 0.5) is 17.6 Å². The Morgan fingerprint density at radius 3 is 1.62 bits per heavy atom. The summed E-state index contributed by atoms with van der Waals surface area (Å²) in [5.74, 6) is -4.20. The monoisotopic (exact) mass is 892 g/mol. The fourth-order valence-corrected chi connectivity index (χ4v) is 10.4. The van der Waals surface area contributed by atoms with E-state index in [-0.39, 0.29) is 47.2 Å². The largest absolute Gasteiger partial charge is 0.345 e. The molecule has 0 unspecified atom stereocenters. The zero-order valence-corrected chi connectivity index (χ0v) is 35.9. The van der Waals surface area contributed by atoms with Crippen molar-refractivity contribution in [1.29, 1.82) is 0 Å². The standard InChI is InChI=1S/2C25H20F2N4O2/c1-14(32)29-8-9-30-13-17(23-24(27)18(26)10-15(12-29)25(23)30)22-16(5-6-20(22)33)19-11-28-21-4-2-3-7-31(19)21;1-14(32)29-8-9-30-13-17(23-24(27)18(26)10-15(12-29)25(23)30)16-5-6-20(33)22(16)19-11-28-21-4-2-3-7-31(19)21/h2*2-4,7,10-11,13H,5-6,8-9,12H2,1H3. The molecule has 12 rings (SSSR count). The first kappa shape index (κ1) is 41.1. The molecule has 0 fully saturated rings. The van der Waals surface area contributed by atoms with E-state index < -0.39 is 23.3 Å². The van der Waals surface area contributed by atoms with Crippen LogP contribution in [0.5, 0.6) is 0 Å². The number of amides is 2. The Hall–Kier alpha value is -7.62. The van der Waals surface area contributed by atoms with E-state index >= 15 is 8.78 Å². The highest BCUT2D eigenvalue weighted by molar-refractivity contribution is 6.33. The maximum Gasteiger partial charge on any atom is 0.219 e. The second kappa shape index (κ2) is 15.5. The van der Waals surface area contributed by atoms with Gasteiger partial charge < -0.3 is 18.9 Å². The zero-order valence-electron chi connectivity index (χ0n) is 35.9. The predicted octanol–water partition coefficient (Wildman–Crippen LogP) is 8.41. The average molecular weight is 893 g/mol. The van der Waals surface area contributed by atoms with Crippen LogP contribution in [0.25, 0.3) is 55.4 Å². The fourth-order valence-electron chi connectivity index (χ4n) is 10.4. The minimum Gasteiger partial charge on any atom is -0.345 e. The Labute approximate surface area is 373 Å². The number of pyridine rings is 2. The second-order valence-electron chi connectivity index (χ2n) is 17.2. The van der Waals surface area contributed by atoms with Crippen LogP contribution in [-0.2, 0) is 45.4 Å². The van der Waals surface area contributed by atoms with Crippen LogP contribution in [0.15, 0.2) is 85.7 Å². The number of carbonyl (C=O) groups excluding carboxylic acids is 4. The first-order valence-electron chi connectivity index (χ1n) is 21.8. The molecule has 0 N–H and O–H groups in total. The van der Waals surface area contributed by atoms with Crippen LogP contribution in [0.3, 0.4) is 0 Å². The second-order valence-corrected chi connectivity index (χ2v) is 17.2. The molecule has 0 saturated heterocycles. The first-order valence-corrected chi connectivity index (χ1v) is 21.8. The highest BCUT2D eigenvalue weighted by atomic mass is 19.2. The van der Waals surface area contributed by atoms with Gasteiger partial charge >= 0.3 is 0 Å². The van der Waals surface area contributed by atoms with E-state index in [1.165, 1.54) is 19.9 Å². The van der Waals surface area contributed by atoms with E-state index in [4.69, 9.17) is 0 Å². The molecular formula is C50H40F4N8O4. The van der Waals surface area contributed by atoms with Gasteiger partial charge in [0.2, 0.25) is 11.8 Å². The van der Waals surface area contributed by atoms with Gasteiger partial charge in [0.05, 0.1) is 34.8 Å². The molecule has 2 aromatic carbocycles. The Morgan fingerprint density at radius 2 is 1.06 bits per heavy atom. The summed E-state index contributed by atoms with van der Waals surface area (Å²) in [6.45, 7) is 5.09. The molecule has 16 heteroatoms. The molecule has 332 valence electrons. The molecule has 2 aliphatic carbocycles. The van der Waals surface area contributed by atoms with Crippen LogP contribution < -0.4 is 0 Å². The van der Waals surface area contributed by atoms with Crippen LogP contribution in [0, 0.1) is 23.3 Å². The number of ketones is 2. The first-order chi connectivity index (χ1) is 31.9. The number of aromatic nitrogens is 6. The molecule has 4 aliphatic rings. The van der Waals surface area contributed by atoms with E-state index in [1.54, 1.807) is 34.6 Å². The normalized spacial score (nSPS) is 16.3. The highest BCUT2D eigenvalue weighted by Crippen LogP contribution is 2.45. The van der Waals surface area contributed by atoms with Crippen molar-refractivity contribution >= 4 is 78.8 Å². The topological polar surface area (TPSA) is 119 Å². The Balaban J connectivity index is 0.000000146. The number of hydrogen-bond donors (Lipinski definition) is 0. The van der Waals surface area contributed by atoms with Crippen molar-refractivity contribution < 1.29 is 36.7 Å². The number of nitrogens with zero attached hydrogens (tertiary/aromatic N) is 8. The van der Waals surface area contributed by atoms with Crippen LogP contribution in [0.1, 0.15) is 73.2 Å². The molecule has 8 aromatic rings. The van der Waals surface area contributed by atoms with Gasteiger partial charge in [-0.3, -0.25) is 28.0 Å². The van der Waals surface area contributed by atoms with Crippen molar-refractivity contribution in [2.24, 2.45) is 0 Å². The number of rotatable bonds is 4. The number of imidazole rings is 2. The van der Waals surface area contributed by atoms with Gasteiger partial charge in [0, 0.05) is 124 Å². The van der Waals surface area contributed by atoms with Crippen molar-refractivity contribution in [1.82, 2.24) is 37.7 Å². The summed E-state index contributed by atoms with van der Waals surface area (Å²) in [6.07, 6.45) is 12.2. The minimum absolute atomic E-state index is 0.0385. The fraction of sp³-hybridized carbons (Fsp3) is 0.240. The number of fused-ring (bicyclic) bond motifs is 2. The number of hydrogen-bond acceptors (Lipinski definition) is 6. The summed E-state index contributed by atoms with van der Waals surface area (Å²) < 4.78 is 67.5. The third-order valence-corrected chi connectivity index (χ3v) is 13.4. The van der Waals surface area contributed by atoms with E-state index in [2.05, 4.69) is 9.97 Å². The van der Waals surface area contributed by atoms with Gasteiger partial charge in [0.25, 0.3) is 0 Å². The van der Waals surface area contributed by atoms with Crippen molar-refractivity contribution in [3.63, 3.8) is 0 Å². The smallest absolute Gasteiger partial charge is 0.219 e. The number of halogens is 4. The number of benzene rings is 2. The Kier molecular flexibility index (Phi) is 9.67. The van der Waals surface area contributed by atoms with Gasteiger partial charge in [-0.25, -0.2) is 27.5 Å². The molecule has 12 nitrogen and oxygen atoms in total. The van der Waals surface area contributed by atoms with Crippen molar-refractivity contribution in [3.05, 3.63) is 143 Å². The van der Waals surface area contributed by atoms with Crippen molar-refractivity contribution in [2.75, 3.05) is 13.1 Å². The van der Waals surface area contributed by atoms with Gasteiger partial charge in [0.1, 0.15) is 11.3 Å². The lowest BCUT2D eigenvalue weighted by Crippen LogP contribution is -2.29. The SMILES string of the molecule is CC(=O)N1CCn2cc(C3=C(c4cnc5ccccn45)C(=O)CC3)c3c(F)c(F)cc(c32)C1.CC(=O)N1CCn2cc(C3=C(c4cnc5ccccn45)CCC3=O)c3c(F)c(F)cc(c32)C1. The third kappa shape index (κ3) is 6.40. The van der Waals surface area contributed by atoms with Crippen LogP contribution >= 0.6 is 0 Å². The van der Waals surface area contributed by atoms with Crippen LogP contribution in [-0.4, -0.2) is 74.2 Å². The van der Waals surface area contributed by atoms with E-state index in [0.29, 0.717) is 113 Å². The van der Waals surface area contributed by atoms with E-state index in [9.17, 15) is 28.0 Å². The van der Waals surface area contributed by atoms with Gasteiger partial charge in [-0.05, 0) is 71.5 Å². The quantitative estimate of drug-likeness (QED) is 0.164. The van der Waals surface area contributed by atoms with Gasteiger partial charge in [-0.1, -0.05) is 12.1 Å². The molecule has 2 aliphatic heterocycles. The van der Waals surface area contributed by atoms with Crippen LogP contribution in [0.2, 0.25) is 0 Å². The minimum atomic E-state index is -0.982. The summed E-state index contributed by atoms with van der Waals surface area (Å²) in [5.41, 5.74) is 8.44. The molecule has 0 atom stereocenters. The summed E-state index contributed by atoms with van der Waals surface area (Å²) in [5, 5.41) is 0.276. The summed E-state index contributed by atoms with van der Waals surface area (Å²) in [6, 6.07) is 13.6. The molecule has 2 amide bonds. The van der Waals surface area contributed by atoms with Gasteiger partial charge in [0.15, 0.2) is 34.8 Å². The summed E-state index contributed by atoms with van der Waals surface area (Å²) in [7, 11) is 0. The Bertz CT molecular complexity index is 3520. The summed E-state index contributed by atoms with van der Waals surface area (Å²) >= 11 is 0. The molecule has 0 saturated carbocycles. The summed E-state index contributed by atoms with van der Waals surface area (Å²) in [4.78, 5) is 62.1. The van der Waals surface area contributed by atoms with E-state index in [0.717, 1.165) is 23.0 Å². The Morgan fingerprint density at radius 1 is 0.576 bits per heavy atom. The van der Waals surface area contributed by atoms with Gasteiger partial charge in [-0.2, -0.15) is 0 Å². The molecular weight excluding hydrogens is 853 g/mol. The lowest BCUT2D eigenvalue weighted by molar-refractivity contribution is -0.130.